The summed E-state index contributed by atoms with van der Waals surface area (Å²) in [5.74, 6) is 0.338. The molecule has 3 nitrogen and oxygen atoms in total. The number of anilines is 1. The second-order valence-corrected chi connectivity index (χ2v) is 4.08. The number of hydrogen-bond donors (Lipinski definition) is 2. The van der Waals surface area contributed by atoms with Gasteiger partial charge < -0.3 is 15.7 Å². The Labute approximate surface area is 91.5 Å². The Morgan fingerprint density at radius 3 is 2.53 bits per heavy atom. The Morgan fingerprint density at radius 1 is 1.40 bits per heavy atom. The molecule has 0 radical (unpaired) electrons. The minimum Gasteiger partial charge on any atom is -0.508 e. The molecule has 0 aliphatic carbocycles. The summed E-state index contributed by atoms with van der Waals surface area (Å²) >= 11 is 0. The largest absolute Gasteiger partial charge is 0.508 e. The fourth-order valence-corrected chi connectivity index (χ4v) is 1.43. The molecule has 0 heterocycles. The van der Waals surface area contributed by atoms with E-state index in [9.17, 15) is 5.11 Å². The lowest BCUT2D eigenvalue weighted by Crippen LogP contribution is -2.21. The molecule has 0 bridgehead atoms. The third kappa shape index (κ3) is 3.13. The lowest BCUT2D eigenvalue weighted by atomic mass is 10.0. The van der Waals surface area contributed by atoms with Gasteiger partial charge in [0.2, 0.25) is 0 Å². The van der Waals surface area contributed by atoms with Gasteiger partial charge >= 0.3 is 0 Å². The lowest BCUT2D eigenvalue weighted by molar-refractivity contribution is 0.464. The molecule has 0 saturated heterocycles. The lowest BCUT2D eigenvalue weighted by Gasteiger charge is -2.15. The first-order chi connectivity index (χ1) is 7.04. The van der Waals surface area contributed by atoms with Crippen molar-refractivity contribution in [2.24, 2.45) is 5.73 Å². The molecular weight excluding hydrogens is 188 g/mol. The van der Waals surface area contributed by atoms with E-state index in [-0.39, 0.29) is 6.04 Å². The quantitative estimate of drug-likeness (QED) is 0.792. The maximum absolute atomic E-state index is 9.80. The van der Waals surface area contributed by atoms with E-state index in [4.69, 9.17) is 5.73 Å². The first-order valence-corrected chi connectivity index (χ1v) is 5.29. The molecule has 0 fully saturated rings. The third-order valence-corrected chi connectivity index (χ3v) is 2.59. The topological polar surface area (TPSA) is 49.5 Å². The van der Waals surface area contributed by atoms with Gasteiger partial charge in [-0.3, -0.25) is 0 Å². The van der Waals surface area contributed by atoms with Gasteiger partial charge in [-0.15, -0.1) is 0 Å². The van der Waals surface area contributed by atoms with E-state index >= 15 is 0 Å². The van der Waals surface area contributed by atoms with Gasteiger partial charge in [0, 0.05) is 31.9 Å². The van der Waals surface area contributed by atoms with Gasteiger partial charge in [-0.25, -0.2) is 0 Å². The molecule has 1 unspecified atom stereocenters. The highest BCUT2D eigenvalue weighted by atomic mass is 16.3. The van der Waals surface area contributed by atoms with Crippen LogP contribution in [0, 0.1) is 0 Å². The minimum absolute atomic E-state index is 0.126. The highest BCUT2D eigenvalue weighted by molar-refractivity contribution is 5.52. The fraction of sp³-hybridized carbons (Fsp3) is 0.500. The van der Waals surface area contributed by atoms with Gasteiger partial charge in [0.1, 0.15) is 5.75 Å². The van der Waals surface area contributed by atoms with E-state index in [1.807, 2.05) is 31.1 Å². The number of nitrogens with zero attached hydrogens (tertiary/aromatic N) is 1. The average molecular weight is 208 g/mol. The molecule has 0 aliphatic heterocycles. The molecule has 1 rings (SSSR count). The van der Waals surface area contributed by atoms with Crippen molar-refractivity contribution < 1.29 is 5.11 Å². The smallest absolute Gasteiger partial charge is 0.120 e. The van der Waals surface area contributed by atoms with E-state index in [0.717, 1.165) is 24.1 Å². The summed E-state index contributed by atoms with van der Waals surface area (Å²) in [6, 6.07) is 5.84. The predicted molar refractivity (Wildman–Crippen MR) is 64.4 cm³/mol. The maximum Gasteiger partial charge on any atom is 0.120 e. The van der Waals surface area contributed by atoms with E-state index in [2.05, 4.69) is 6.92 Å². The van der Waals surface area contributed by atoms with Gasteiger partial charge in [-0.05, 0) is 24.5 Å². The third-order valence-electron chi connectivity index (χ3n) is 2.59. The number of hydrogen-bond acceptors (Lipinski definition) is 3. The second kappa shape index (κ2) is 5.03. The summed E-state index contributed by atoms with van der Waals surface area (Å²) in [5, 5.41) is 9.80. The van der Waals surface area contributed by atoms with Crippen LogP contribution in [0.2, 0.25) is 0 Å². The van der Waals surface area contributed by atoms with Crippen LogP contribution in [0.15, 0.2) is 18.2 Å². The number of phenols is 1. The summed E-state index contributed by atoms with van der Waals surface area (Å²) < 4.78 is 0. The Morgan fingerprint density at radius 2 is 2.07 bits per heavy atom. The van der Waals surface area contributed by atoms with Crippen LogP contribution in [0.1, 0.15) is 18.9 Å². The Balaban J connectivity index is 2.83. The molecule has 3 heteroatoms. The van der Waals surface area contributed by atoms with Crippen molar-refractivity contribution >= 4 is 5.69 Å². The molecule has 1 atom stereocenters. The van der Waals surface area contributed by atoms with Crippen molar-refractivity contribution in [2.45, 2.75) is 25.8 Å². The van der Waals surface area contributed by atoms with Crippen LogP contribution in [0.3, 0.4) is 0 Å². The molecule has 0 amide bonds. The van der Waals surface area contributed by atoms with E-state index in [0.29, 0.717) is 5.75 Å². The van der Waals surface area contributed by atoms with Crippen LogP contribution in [0.25, 0.3) is 0 Å². The van der Waals surface area contributed by atoms with Crippen LogP contribution in [0.4, 0.5) is 5.69 Å². The molecule has 0 aliphatic rings. The summed E-state index contributed by atoms with van der Waals surface area (Å²) in [6.45, 7) is 2.05. The zero-order chi connectivity index (χ0) is 11.4. The molecule has 15 heavy (non-hydrogen) atoms. The first-order valence-electron chi connectivity index (χ1n) is 5.29. The van der Waals surface area contributed by atoms with Crippen molar-refractivity contribution in [3.8, 4) is 5.75 Å². The van der Waals surface area contributed by atoms with E-state index in [1.165, 1.54) is 0 Å². The molecule has 1 aromatic rings. The summed E-state index contributed by atoms with van der Waals surface area (Å²) in [4.78, 5) is 1.96. The van der Waals surface area contributed by atoms with Crippen LogP contribution >= 0.6 is 0 Å². The van der Waals surface area contributed by atoms with Crippen LogP contribution < -0.4 is 10.6 Å². The van der Waals surface area contributed by atoms with Gasteiger partial charge in [-0.1, -0.05) is 13.0 Å². The van der Waals surface area contributed by atoms with E-state index < -0.39 is 0 Å². The molecule has 3 N–H and O–H groups in total. The minimum atomic E-state index is 0.126. The zero-order valence-corrected chi connectivity index (χ0v) is 9.70. The van der Waals surface area contributed by atoms with Gasteiger partial charge in [0.25, 0.3) is 0 Å². The Kier molecular flexibility index (Phi) is 3.97. The van der Waals surface area contributed by atoms with E-state index in [1.54, 1.807) is 6.07 Å². The maximum atomic E-state index is 9.80. The Hall–Kier alpha value is -1.22. The molecule has 0 saturated carbocycles. The molecular formula is C12H20N2O. The van der Waals surface area contributed by atoms with Crippen molar-refractivity contribution in [1.29, 1.82) is 0 Å². The van der Waals surface area contributed by atoms with Gasteiger partial charge in [0.15, 0.2) is 0 Å². The number of nitrogens with two attached hydrogens (primary N) is 1. The Bertz CT molecular complexity index is 323. The number of aromatic hydroxyl groups is 1. The zero-order valence-electron chi connectivity index (χ0n) is 9.70. The highest BCUT2D eigenvalue weighted by Gasteiger charge is 2.07. The molecule has 0 spiro atoms. The molecule has 1 aromatic carbocycles. The van der Waals surface area contributed by atoms with Crippen molar-refractivity contribution in [3.05, 3.63) is 23.8 Å². The number of phenolic OH excluding ortho intramolecular Hbond substituents is 1. The highest BCUT2D eigenvalue weighted by Crippen LogP contribution is 2.24. The second-order valence-electron chi connectivity index (χ2n) is 4.08. The summed E-state index contributed by atoms with van der Waals surface area (Å²) in [5.41, 5.74) is 7.78. The first kappa shape index (κ1) is 11.9. The monoisotopic (exact) mass is 208 g/mol. The van der Waals surface area contributed by atoms with Crippen molar-refractivity contribution in [3.63, 3.8) is 0 Å². The van der Waals surface area contributed by atoms with Crippen molar-refractivity contribution in [2.75, 3.05) is 19.0 Å². The normalized spacial score (nSPS) is 12.5. The van der Waals surface area contributed by atoms with Gasteiger partial charge in [-0.2, -0.15) is 0 Å². The number of rotatable bonds is 4. The van der Waals surface area contributed by atoms with Crippen LogP contribution in [-0.4, -0.2) is 25.2 Å². The number of benzene rings is 1. The standard InChI is InChI=1S/C12H20N2O/c1-4-10(13)7-9-5-6-11(14(2)3)8-12(9)15/h5-6,8,10,15H,4,7,13H2,1-3H3. The average Bonchev–Trinajstić information content (AvgIpc) is 2.20. The summed E-state index contributed by atoms with van der Waals surface area (Å²) in [6.07, 6.45) is 1.66. The molecule has 0 aromatic heterocycles. The summed E-state index contributed by atoms with van der Waals surface area (Å²) in [7, 11) is 3.90. The predicted octanol–water partition coefficient (Wildman–Crippen LogP) is 1.74. The molecule has 84 valence electrons. The van der Waals surface area contributed by atoms with Gasteiger partial charge in [0.05, 0.1) is 0 Å². The van der Waals surface area contributed by atoms with Crippen LogP contribution in [0.5, 0.6) is 5.75 Å². The fourth-order valence-electron chi connectivity index (χ4n) is 1.43. The SMILES string of the molecule is CCC(N)Cc1ccc(N(C)C)cc1O. The van der Waals surface area contributed by atoms with Crippen LogP contribution in [-0.2, 0) is 6.42 Å². The van der Waals surface area contributed by atoms with Crippen molar-refractivity contribution in [1.82, 2.24) is 0 Å².